The van der Waals surface area contributed by atoms with Crippen LogP contribution >= 0.6 is 0 Å². The van der Waals surface area contributed by atoms with E-state index in [0.29, 0.717) is 11.5 Å². The lowest BCUT2D eigenvalue weighted by atomic mass is 9.70. The second-order valence-corrected chi connectivity index (χ2v) is 5.53. The SMILES string of the molecule is C#CCCNC1c2ccccc2CCC1(C)C. The maximum absolute atomic E-state index is 5.32. The van der Waals surface area contributed by atoms with Crippen LogP contribution in [0.5, 0.6) is 0 Å². The van der Waals surface area contributed by atoms with Crippen LogP contribution in [0.4, 0.5) is 0 Å². The fraction of sp³-hybridized carbons (Fsp3) is 0.500. The van der Waals surface area contributed by atoms with Gasteiger partial charge in [-0.1, -0.05) is 38.1 Å². The van der Waals surface area contributed by atoms with Gasteiger partial charge in [0.15, 0.2) is 0 Å². The molecule has 0 saturated heterocycles. The molecule has 1 aliphatic rings. The van der Waals surface area contributed by atoms with Crippen LogP contribution in [0, 0.1) is 17.8 Å². The van der Waals surface area contributed by atoms with Gasteiger partial charge < -0.3 is 5.32 Å². The second kappa shape index (κ2) is 4.94. The van der Waals surface area contributed by atoms with Gasteiger partial charge in [-0.3, -0.25) is 0 Å². The van der Waals surface area contributed by atoms with Crippen molar-refractivity contribution < 1.29 is 0 Å². The molecule has 0 amide bonds. The van der Waals surface area contributed by atoms with Crippen LogP contribution in [0.3, 0.4) is 0 Å². The van der Waals surface area contributed by atoms with E-state index in [1.54, 1.807) is 0 Å². The maximum Gasteiger partial charge on any atom is 0.0375 e. The highest BCUT2D eigenvalue weighted by Crippen LogP contribution is 2.43. The van der Waals surface area contributed by atoms with Crippen LogP contribution < -0.4 is 5.32 Å². The molecule has 1 nitrogen and oxygen atoms in total. The van der Waals surface area contributed by atoms with Crippen molar-refractivity contribution in [1.82, 2.24) is 5.32 Å². The van der Waals surface area contributed by atoms with Crippen molar-refractivity contribution in [3.05, 3.63) is 35.4 Å². The van der Waals surface area contributed by atoms with Crippen LogP contribution in [0.25, 0.3) is 0 Å². The Morgan fingerprint density at radius 1 is 1.41 bits per heavy atom. The summed E-state index contributed by atoms with van der Waals surface area (Å²) in [4.78, 5) is 0. The molecule has 0 spiro atoms. The first-order valence-corrected chi connectivity index (χ1v) is 6.40. The third-order valence-corrected chi connectivity index (χ3v) is 3.80. The summed E-state index contributed by atoms with van der Waals surface area (Å²) < 4.78 is 0. The zero-order valence-corrected chi connectivity index (χ0v) is 10.8. The Balaban J connectivity index is 2.23. The molecule has 1 atom stereocenters. The molecular weight excluding hydrogens is 206 g/mol. The average Bonchev–Trinajstić information content (AvgIpc) is 2.32. The van der Waals surface area contributed by atoms with Gasteiger partial charge in [-0.25, -0.2) is 0 Å². The van der Waals surface area contributed by atoms with Crippen molar-refractivity contribution in [3.8, 4) is 12.3 Å². The number of hydrogen-bond acceptors (Lipinski definition) is 1. The van der Waals surface area contributed by atoms with Crippen molar-refractivity contribution in [2.45, 2.75) is 39.2 Å². The fourth-order valence-corrected chi connectivity index (χ4v) is 2.74. The Morgan fingerprint density at radius 2 is 2.18 bits per heavy atom. The molecule has 1 aromatic carbocycles. The minimum atomic E-state index is 0.308. The normalized spacial score (nSPS) is 21.6. The van der Waals surface area contributed by atoms with Gasteiger partial charge in [0.2, 0.25) is 0 Å². The number of fused-ring (bicyclic) bond motifs is 1. The summed E-state index contributed by atoms with van der Waals surface area (Å²) in [6.07, 6.45) is 8.54. The highest BCUT2D eigenvalue weighted by Gasteiger charge is 2.34. The molecule has 17 heavy (non-hydrogen) atoms. The molecule has 0 saturated carbocycles. The first kappa shape index (κ1) is 12.2. The van der Waals surface area contributed by atoms with Crippen LogP contribution in [0.2, 0.25) is 0 Å². The van der Waals surface area contributed by atoms with Gasteiger partial charge in [0.1, 0.15) is 0 Å². The molecule has 0 aliphatic heterocycles. The summed E-state index contributed by atoms with van der Waals surface area (Å²) in [6, 6.07) is 9.21. The van der Waals surface area contributed by atoms with Crippen molar-refractivity contribution >= 4 is 0 Å². The minimum absolute atomic E-state index is 0.308. The third kappa shape index (κ3) is 2.53. The van der Waals surface area contributed by atoms with E-state index >= 15 is 0 Å². The molecule has 0 fully saturated rings. The number of hydrogen-bond donors (Lipinski definition) is 1. The van der Waals surface area contributed by atoms with Gasteiger partial charge in [0.25, 0.3) is 0 Å². The quantitative estimate of drug-likeness (QED) is 0.617. The first-order valence-electron chi connectivity index (χ1n) is 6.40. The summed E-state index contributed by atoms with van der Waals surface area (Å²) >= 11 is 0. The van der Waals surface area contributed by atoms with Gasteiger partial charge in [-0.15, -0.1) is 12.3 Å². The van der Waals surface area contributed by atoms with E-state index in [4.69, 9.17) is 6.42 Å². The Kier molecular flexibility index (Phi) is 3.54. The molecular formula is C16H21N. The number of benzene rings is 1. The molecule has 0 aromatic heterocycles. The zero-order valence-electron chi connectivity index (χ0n) is 10.8. The zero-order chi connectivity index (χ0) is 12.3. The summed E-state index contributed by atoms with van der Waals surface area (Å²) in [7, 11) is 0. The number of aryl methyl sites for hydroxylation is 1. The highest BCUT2D eigenvalue weighted by molar-refractivity contribution is 5.34. The Morgan fingerprint density at radius 3 is 2.94 bits per heavy atom. The van der Waals surface area contributed by atoms with Crippen molar-refractivity contribution in [3.63, 3.8) is 0 Å². The smallest absolute Gasteiger partial charge is 0.0375 e. The summed E-state index contributed by atoms with van der Waals surface area (Å²) in [5.41, 5.74) is 3.26. The third-order valence-electron chi connectivity index (χ3n) is 3.80. The van der Waals surface area contributed by atoms with Crippen molar-refractivity contribution in [2.24, 2.45) is 5.41 Å². The first-order chi connectivity index (χ1) is 8.15. The second-order valence-electron chi connectivity index (χ2n) is 5.53. The topological polar surface area (TPSA) is 12.0 Å². The largest absolute Gasteiger partial charge is 0.309 e. The fourth-order valence-electron chi connectivity index (χ4n) is 2.74. The predicted molar refractivity (Wildman–Crippen MR) is 72.7 cm³/mol. The number of nitrogens with one attached hydrogen (secondary N) is 1. The standard InChI is InChI=1S/C16H21N/c1-4-5-12-17-15-14-9-7-6-8-13(14)10-11-16(15,2)3/h1,6-9,15,17H,5,10-12H2,2-3H3. The molecule has 1 heteroatoms. The van der Waals surface area contributed by atoms with Crippen LogP contribution in [0.1, 0.15) is 43.9 Å². The maximum atomic E-state index is 5.32. The molecule has 0 heterocycles. The Hall–Kier alpha value is -1.26. The van der Waals surface area contributed by atoms with Gasteiger partial charge in [-0.2, -0.15) is 0 Å². The van der Waals surface area contributed by atoms with E-state index in [2.05, 4.69) is 49.4 Å². The van der Waals surface area contributed by atoms with Gasteiger partial charge in [0, 0.05) is 19.0 Å². The van der Waals surface area contributed by atoms with E-state index in [1.807, 2.05) is 0 Å². The molecule has 1 unspecified atom stereocenters. The van der Waals surface area contributed by atoms with Crippen molar-refractivity contribution in [2.75, 3.05) is 6.54 Å². The van der Waals surface area contributed by atoms with Crippen LogP contribution in [-0.4, -0.2) is 6.54 Å². The van der Waals surface area contributed by atoms with Gasteiger partial charge >= 0.3 is 0 Å². The predicted octanol–water partition coefficient (Wildman–Crippen LogP) is 3.31. The Bertz CT molecular complexity index is 425. The van der Waals surface area contributed by atoms with E-state index in [9.17, 15) is 0 Å². The van der Waals surface area contributed by atoms with Crippen LogP contribution in [0.15, 0.2) is 24.3 Å². The lowest BCUT2D eigenvalue weighted by Gasteiger charge is -2.40. The summed E-state index contributed by atoms with van der Waals surface area (Å²) in [5, 5.41) is 3.63. The molecule has 1 N–H and O–H groups in total. The van der Waals surface area contributed by atoms with E-state index < -0.39 is 0 Å². The lowest BCUT2D eigenvalue weighted by Crippen LogP contribution is -2.38. The summed E-state index contributed by atoms with van der Waals surface area (Å²) in [6.45, 7) is 5.59. The minimum Gasteiger partial charge on any atom is -0.309 e. The average molecular weight is 227 g/mol. The Labute approximate surface area is 105 Å². The molecule has 0 bridgehead atoms. The van der Waals surface area contributed by atoms with Crippen molar-refractivity contribution in [1.29, 1.82) is 0 Å². The van der Waals surface area contributed by atoms with E-state index in [1.165, 1.54) is 24.0 Å². The summed E-state index contributed by atoms with van der Waals surface area (Å²) in [5.74, 6) is 2.70. The monoisotopic (exact) mass is 227 g/mol. The molecule has 90 valence electrons. The van der Waals surface area contributed by atoms with Crippen LogP contribution in [-0.2, 0) is 6.42 Å². The molecule has 1 aromatic rings. The van der Waals surface area contributed by atoms with Gasteiger partial charge in [-0.05, 0) is 29.4 Å². The van der Waals surface area contributed by atoms with E-state index in [-0.39, 0.29) is 0 Å². The number of terminal acetylenes is 1. The number of rotatable bonds is 3. The molecule has 1 aliphatic carbocycles. The lowest BCUT2D eigenvalue weighted by molar-refractivity contribution is 0.211. The molecule has 0 radical (unpaired) electrons. The highest BCUT2D eigenvalue weighted by atomic mass is 14.9. The van der Waals surface area contributed by atoms with Gasteiger partial charge in [0.05, 0.1) is 0 Å². The molecule has 2 rings (SSSR count). The van der Waals surface area contributed by atoms with E-state index in [0.717, 1.165) is 13.0 Å².